The van der Waals surface area contributed by atoms with Crippen LogP contribution in [-0.4, -0.2) is 22.1 Å². The van der Waals surface area contributed by atoms with Crippen LogP contribution in [0.25, 0.3) is 0 Å². The molecule has 1 aromatic heterocycles. The first kappa shape index (κ1) is 22.2. The normalized spacial score (nSPS) is 10.6. The summed E-state index contributed by atoms with van der Waals surface area (Å²) in [6.45, 7) is 6.37. The fourth-order valence-corrected chi connectivity index (χ4v) is 3.22. The number of benzene rings is 1. The molecular formula is C23H28N2O4. The van der Waals surface area contributed by atoms with E-state index >= 15 is 0 Å². The lowest BCUT2D eigenvalue weighted by molar-refractivity contribution is 0.103. The van der Waals surface area contributed by atoms with Crippen molar-refractivity contribution in [3.8, 4) is 17.7 Å². The number of hydrogen-bond donors (Lipinski definition) is 1. The minimum absolute atomic E-state index is 0.0113. The summed E-state index contributed by atoms with van der Waals surface area (Å²) in [7, 11) is 0. The van der Waals surface area contributed by atoms with Crippen LogP contribution >= 0.6 is 0 Å². The molecule has 1 heterocycles. The molecule has 0 amide bonds. The van der Waals surface area contributed by atoms with Gasteiger partial charge >= 0.3 is 0 Å². The van der Waals surface area contributed by atoms with E-state index in [1.54, 1.807) is 24.3 Å². The van der Waals surface area contributed by atoms with Crippen molar-refractivity contribution >= 4 is 5.78 Å². The number of ether oxygens (including phenoxy) is 1. The van der Waals surface area contributed by atoms with Gasteiger partial charge in [0.25, 0.3) is 5.56 Å². The number of rotatable bonds is 10. The summed E-state index contributed by atoms with van der Waals surface area (Å²) in [6, 6.07) is 8.55. The van der Waals surface area contributed by atoms with E-state index in [1.807, 2.05) is 13.0 Å². The van der Waals surface area contributed by atoms with E-state index in [0.717, 1.165) is 17.4 Å². The molecule has 0 spiro atoms. The van der Waals surface area contributed by atoms with Gasteiger partial charge in [-0.05, 0) is 49.6 Å². The number of unbranched alkanes of at least 4 members (excludes halogenated alkanes) is 3. The molecule has 6 heteroatoms. The Hall–Kier alpha value is -3.07. The molecule has 0 fully saturated rings. The van der Waals surface area contributed by atoms with Crippen molar-refractivity contribution in [3.05, 3.63) is 56.9 Å². The van der Waals surface area contributed by atoms with Crippen LogP contribution in [0, 0.1) is 18.3 Å². The molecule has 0 saturated heterocycles. The Labute approximate surface area is 171 Å². The average molecular weight is 396 g/mol. The van der Waals surface area contributed by atoms with Gasteiger partial charge in [0, 0.05) is 12.1 Å². The van der Waals surface area contributed by atoms with E-state index in [1.165, 1.54) is 19.8 Å². The van der Waals surface area contributed by atoms with E-state index in [4.69, 9.17) is 4.74 Å². The molecule has 0 aliphatic rings. The molecule has 0 aliphatic heterocycles. The summed E-state index contributed by atoms with van der Waals surface area (Å²) in [6.07, 6.45) is 5.05. The number of hydrogen-bond acceptors (Lipinski definition) is 5. The lowest BCUT2D eigenvalue weighted by Crippen LogP contribution is -2.26. The Morgan fingerprint density at radius 3 is 2.41 bits per heavy atom. The number of nitrogens with zero attached hydrogens (tertiary/aromatic N) is 2. The van der Waals surface area contributed by atoms with Crippen LogP contribution in [0.2, 0.25) is 0 Å². The summed E-state index contributed by atoms with van der Waals surface area (Å²) in [4.78, 5) is 25.4. The smallest absolute Gasteiger partial charge is 0.271 e. The number of carbonyl (C=O) groups is 1. The molecule has 0 aliphatic carbocycles. The Morgan fingerprint density at radius 2 is 1.83 bits per heavy atom. The largest absolute Gasteiger partial charge is 0.494 e. The van der Waals surface area contributed by atoms with Crippen LogP contribution in [-0.2, 0) is 6.54 Å². The van der Waals surface area contributed by atoms with Gasteiger partial charge < -0.3 is 9.84 Å². The predicted octanol–water partition coefficient (Wildman–Crippen LogP) is 4.33. The van der Waals surface area contributed by atoms with Crippen LogP contribution in [0.4, 0.5) is 0 Å². The van der Waals surface area contributed by atoms with Gasteiger partial charge in [0.05, 0.1) is 12.2 Å². The van der Waals surface area contributed by atoms with E-state index in [-0.39, 0.29) is 23.2 Å². The summed E-state index contributed by atoms with van der Waals surface area (Å²) >= 11 is 0. The molecule has 1 N–H and O–H groups in total. The predicted molar refractivity (Wildman–Crippen MR) is 112 cm³/mol. The zero-order chi connectivity index (χ0) is 21.4. The molecule has 1 aromatic carbocycles. The first-order chi connectivity index (χ1) is 14.0. The molecule has 2 aromatic rings. The van der Waals surface area contributed by atoms with Gasteiger partial charge in [-0.25, -0.2) is 0 Å². The maximum atomic E-state index is 13.0. The number of pyridine rings is 1. The number of carbonyl (C=O) groups excluding carboxylic acids is 1. The number of aromatic hydroxyl groups is 1. The minimum Gasteiger partial charge on any atom is -0.494 e. The van der Waals surface area contributed by atoms with E-state index in [9.17, 15) is 20.0 Å². The third-order valence-electron chi connectivity index (χ3n) is 4.86. The van der Waals surface area contributed by atoms with E-state index < -0.39 is 17.2 Å². The Balaban J connectivity index is 2.29. The van der Waals surface area contributed by atoms with Gasteiger partial charge in [0.1, 0.15) is 17.4 Å². The van der Waals surface area contributed by atoms with Crippen molar-refractivity contribution in [1.29, 1.82) is 5.26 Å². The van der Waals surface area contributed by atoms with Crippen LogP contribution in [0.15, 0.2) is 29.1 Å². The first-order valence-corrected chi connectivity index (χ1v) is 10.1. The monoisotopic (exact) mass is 396 g/mol. The molecule has 29 heavy (non-hydrogen) atoms. The van der Waals surface area contributed by atoms with Crippen molar-refractivity contribution in [2.75, 3.05) is 6.61 Å². The summed E-state index contributed by atoms with van der Waals surface area (Å²) < 4.78 is 6.78. The summed E-state index contributed by atoms with van der Waals surface area (Å²) in [5.74, 6) is -0.155. The van der Waals surface area contributed by atoms with Crippen LogP contribution in [0.1, 0.15) is 73.0 Å². The van der Waals surface area contributed by atoms with Crippen molar-refractivity contribution < 1.29 is 14.6 Å². The van der Waals surface area contributed by atoms with Crippen LogP contribution < -0.4 is 10.3 Å². The lowest BCUT2D eigenvalue weighted by Gasteiger charge is -2.15. The molecule has 154 valence electrons. The standard InChI is InChI=1S/C23H28N2O4/c1-4-6-7-8-14-29-18-11-9-17(10-12-18)21(26)20-16(3)19(15-24)22(27)25(13-5-2)23(20)28/h9-12,28H,4-8,13-14H2,1-3H3. The molecule has 0 radical (unpaired) electrons. The zero-order valence-corrected chi connectivity index (χ0v) is 17.3. The SMILES string of the molecule is CCCCCCOc1ccc(C(=O)c2c(C)c(C#N)c(=O)n(CCC)c2O)cc1. The highest BCUT2D eigenvalue weighted by atomic mass is 16.5. The molecule has 0 bridgehead atoms. The summed E-state index contributed by atoms with van der Waals surface area (Å²) in [5, 5.41) is 19.9. The van der Waals surface area contributed by atoms with Crippen molar-refractivity contribution in [2.24, 2.45) is 0 Å². The van der Waals surface area contributed by atoms with Gasteiger partial charge in [0.2, 0.25) is 5.88 Å². The Morgan fingerprint density at radius 1 is 1.14 bits per heavy atom. The fourth-order valence-electron chi connectivity index (χ4n) is 3.22. The topological polar surface area (TPSA) is 92.3 Å². The van der Waals surface area contributed by atoms with Gasteiger partial charge in [-0.15, -0.1) is 0 Å². The van der Waals surface area contributed by atoms with Crippen LogP contribution in [0.3, 0.4) is 0 Å². The van der Waals surface area contributed by atoms with Gasteiger partial charge in [-0.1, -0.05) is 33.1 Å². The quantitative estimate of drug-likeness (QED) is 0.476. The second-order valence-corrected chi connectivity index (χ2v) is 7.03. The summed E-state index contributed by atoms with van der Waals surface area (Å²) in [5.41, 5.74) is -0.155. The highest BCUT2D eigenvalue weighted by Gasteiger charge is 2.24. The average Bonchev–Trinajstić information content (AvgIpc) is 2.72. The minimum atomic E-state index is -0.576. The van der Waals surface area contributed by atoms with Crippen molar-refractivity contribution in [2.45, 2.75) is 59.4 Å². The fraction of sp³-hybridized carbons (Fsp3) is 0.435. The van der Waals surface area contributed by atoms with Crippen molar-refractivity contribution in [1.82, 2.24) is 4.57 Å². The van der Waals surface area contributed by atoms with Crippen molar-refractivity contribution in [3.63, 3.8) is 0 Å². The molecule has 2 rings (SSSR count). The Bertz CT molecular complexity index is 953. The van der Waals surface area contributed by atoms with Crippen LogP contribution in [0.5, 0.6) is 11.6 Å². The Kier molecular flexibility index (Phi) is 8.02. The maximum Gasteiger partial charge on any atom is 0.271 e. The zero-order valence-electron chi connectivity index (χ0n) is 17.3. The van der Waals surface area contributed by atoms with Gasteiger partial charge in [-0.2, -0.15) is 5.26 Å². The second kappa shape index (κ2) is 10.5. The molecular weight excluding hydrogens is 368 g/mol. The number of aromatic nitrogens is 1. The molecule has 0 unspecified atom stereocenters. The van der Waals surface area contributed by atoms with E-state index in [2.05, 4.69) is 6.92 Å². The third kappa shape index (κ3) is 5.05. The van der Waals surface area contributed by atoms with E-state index in [0.29, 0.717) is 24.3 Å². The van der Waals surface area contributed by atoms with Gasteiger partial charge in [-0.3, -0.25) is 14.2 Å². The molecule has 6 nitrogen and oxygen atoms in total. The lowest BCUT2D eigenvalue weighted by atomic mass is 9.97. The molecule has 0 saturated carbocycles. The molecule has 0 atom stereocenters. The highest BCUT2D eigenvalue weighted by molar-refractivity contribution is 6.11. The van der Waals surface area contributed by atoms with Gasteiger partial charge in [0.15, 0.2) is 5.78 Å². The second-order valence-electron chi connectivity index (χ2n) is 7.03. The maximum absolute atomic E-state index is 13.0. The first-order valence-electron chi connectivity index (χ1n) is 10.1. The number of nitriles is 1. The third-order valence-corrected chi connectivity index (χ3v) is 4.86. The number of ketones is 1. The highest BCUT2D eigenvalue weighted by Crippen LogP contribution is 2.26.